The lowest BCUT2D eigenvalue weighted by atomic mass is 9.89. The minimum Gasteiger partial charge on any atom is -0.350 e. The van der Waals surface area contributed by atoms with Crippen LogP contribution in [0.3, 0.4) is 0 Å². The molecule has 3 nitrogen and oxygen atoms in total. The fourth-order valence-electron chi connectivity index (χ4n) is 0.682. The molecule has 0 unspecified atom stereocenters. The van der Waals surface area contributed by atoms with Crippen molar-refractivity contribution in [2.75, 3.05) is 13.1 Å². The number of nitrogens with one attached hydrogen (secondary N) is 1. The van der Waals surface area contributed by atoms with Gasteiger partial charge in [-0.3, -0.25) is 4.79 Å². The van der Waals surface area contributed by atoms with E-state index in [2.05, 4.69) is 5.32 Å². The summed E-state index contributed by atoms with van der Waals surface area (Å²) in [6.45, 7) is 3.82. The maximum absolute atomic E-state index is 12.7. The molecule has 0 bridgehead atoms. The van der Waals surface area contributed by atoms with Crippen LogP contribution in [0.5, 0.6) is 0 Å². The molecule has 0 aliphatic rings. The number of alkyl halides is 2. The van der Waals surface area contributed by atoms with Crippen LogP contribution in [-0.4, -0.2) is 24.9 Å². The van der Waals surface area contributed by atoms with Crippen molar-refractivity contribution in [3.63, 3.8) is 0 Å². The first-order valence-corrected chi connectivity index (χ1v) is 4.61. The zero-order valence-electron chi connectivity index (χ0n) is 9.27. The van der Waals surface area contributed by atoms with Crippen LogP contribution in [0.2, 0.25) is 0 Å². The van der Waals surface area contributed by atoms with Gasteiger partial charge in [0.2, 0.25) is 5.91 Å². The Labute approximate surface area is 95.2 Å². The van der Waals surface area contributed by atoms with Crippen LogP contribution < -0.4 is 11.1 Å². The van der Waals surface area contributed by atoms with Crippen molar-refractivity contribution in [2.24, 2.45) is 11.1 Å². The highest BCUT2D eigenvalue weighted by atomic mass is 35.5. The van der Waals surface area contributed by atoms with Gasteiger partial charge in [-0.05, 0) is 6.42 Å². The third-order valence-electron chi connectivity index (χ3n) is 2.30. The van der Waals surface area contributed by atoms with Gasteiger partial charge in [0.15, 0.2) is 0 Å². The summed E-state index contributed by atoms with van der Waals surface area (Å²) in [6.07, 6.45) is 0.604. The Kier molecular flexibility index (Phi) is 7.05. The van der Waals surface area contributed by atoms with Crippen molar-refractivity contribution >= 4 is 18.3 Å². The van der Waals surface area contributed by atoms with Gasteiger partial charge in [0.1, 0.15) is 0 Å². The van der Waals surface area contributed by atoms with Gasteiger partial charge >= 0.3 is 0 Å². The van der Waals surface area contributed by atoms with Crippen LogP contribution in [-0.2, 0) is 4.79 Å². The molecular formula is C9H19ClF2N2O. The van der Waals surface area contributed by atoms with Gasteiger partial charge in [0.25, 0.3) is 5.92 Å². The third kappa shape index (κ3) is 5.89. The number of hydrogen-bond donors (Lipinski definition) is 2. The SMILES string of the molecule is CCC(C)(C)C(=O)NCC(F)(F)CN.Cl. The van der Waals surface area contributed by atoms with E-state index in [1.165, 1.54) is 0 Å². The fraction of sp³-hybridized carbons (Fsp3) is 0.889. The summed E-state index contributed by atoms with van der Waals surface area (Å²) in [6, 6.07) is 0. The predicted octanol–water partition coefficient (Wildman–Crippen LogP) is 1.55. The van der Waals surface area contributed by atoms with Gasteiger partial charge in [-0.2, -0.15) is 0 Å². The van der Waals surface area contributed by atoms with Crippen LogP contribution in [0.4, 0.5) is 8.78 Å². The Balaban J connectivity index is 0. The molecule has 0 atom stereocenters. The van der Waals surface area contributed by atoms with Gasteiger partial charge in [0.05, 0.1) is 13.1 Å². The standard InChI is InChI=1S/C9H18F2N2O.ClH/c1-4-8(2,3)7(14)13-6-9(10,11)5-12;/h4-6,12H2,1-3H3,(H,13,14);1H. The van der Waals surface area contributed by atoms with E-state index in [0.29, 0.717) is 6.42 Å². The second-order valence-electron chi connectivity index (χ2n) is 3.98. The zero-order valence-corrected chi connectivity index (χ0v) is 10.1. The molecule has 0 fully saturated rings. The summed E-state index contributed by atoms with van der Waals surface area (Å²) in [5.74, 6) is -3.38. The number of carbonyl (C=O) groups excluding carboxylic acids is 1. The second-order valence-corrected chi connectivity index (χ2v) is 3.98. The number of carbonyl (C=O) groups is 1. The van der Waals surface area contributed by atoms with Crippen LogP contribution in [0, 0.1) is 5.41 Å². The van der Waals surface area contributed by atoms with E-state index < -0.39 is 24.4 Å². The van der Waals surface area contributed by atoms with E-state index in [4.69, 9.17) is 5.73 Å². The molecule has 15 heavy (non-hydrogen) atoms. The van der Waals surface area contributed by atoms with Crippen molar-refractivity contribution < 1.29 is 13.6 Å². The first-order valence-electron chi connectivity index (χ1n) is 4.61. The van der Waals surface area contributed by atoms with Crippen molar-refractivity contribution in [1.82, 2.24) is 5.32 Å². The molecule has 0 aliphatic heterocycles. The molecule has 0 aromatic rings. The largest absolute Gasteiger partial charge is 0.350 e. The lowest BCUT2D eigenvalue weighted by molar-refractivity contribution is -0.131. The Morgan fingerprint density at radius 1 is 1.40 bits per heavy atom. The number of nitrogens with two attached hydrogens (primary N) is 1. The quantitative estimate of drug-likeness (QED) is 0.771. The summed E-state index contributed by atoms with van der Waals surface area (Å²) in [4.78, 5) is 11.4. The molecular weight excluding hydrogens is 226 g/mol. The Bertz CT molecular complexity index is 210. The van der Waals surface area contributed by atoms with Gasteiger partial charge in [-0.1, -0.05) is 20.8 Å². The summed E-state index contributed by atoms with van der Waals surface area (Å²) in [5.41, 5.74) is 4.23. The highest BCUT2D eigenvalue weighted by molar-refractivity contribution is 5.85. The van der Waals surface area contributed by atoms with E-state index in [9.17, 15) is 13.6 Å². The molecule has 92 valence electrons. The van der Waals surface area contributed by atoms with E-state index >= 15 is 0 Å². The highest BCUT2D eigenvalue weighted by Gasteiger charge is 2.31. The van der Waals surface area contributed by atoms with Crippen LogP contribution in [0.15, 0.2) is 0 Å². The van der Waals surface area contributed by atoms with E-state index in [1.807, 2.05) is 6.92 Å². The van der Waals surface area contributed by atoms with Gasteiger partial charge < -0.3 is 11.1 Å². The van der Waals surface area contributed by atoms with Gasteiger partial charge in [0, 0.05) is 5.41 Å². The molecule has 0 saturated heterocycles. The predicted molar refractivity (Wildman–Crippen MR) is 58.3 cm³/mol. The third-order valence-corrected chi connectivity index (χ3v) is 2.30. The molecule has 0 aliphatic carbocycles. The lowest BCUT2D eigenvalue weighted by Gasteiger charge is -2.23. The van der Waals surface area contributed by atoms with Crippen LogP contribution in [0.25, 0.3) is 0 Å². The first kappa shape index (κ1) is 17.0. The number of hydrogen-bond acceptors (Lipinski definition) is 2. The molecule has 3 N–H and O–H groups in total. The summed E-state index contributed by atoms with van der Waals surface area (Å²) in [7, 11) is 0. The maximum Gasteiger partial charge on any atom is 0.277 e. The summed E-state index contributed by atoms with van der Waals surface area (Å²) < 4.78 is 25.3. The normalized spacial score (nSPS) is 11.9. The van der Waals surface area contributed by atoms with E-state index in [-0.39, 0.29) is 18.3 Å². The fourth-order valence-corrected chi connectivity index (χ4v) is 0.682. The zero-order chi connectivity index (χ0) is 11.4. The Hall–Kier alpha value is -0.420. The van der Waals surface area contributed by atoms with Crippen molar-refractivity contribution in [3.05, 3.63) is 0 Å². The summed E-state index contributed by atoms with van der Waals surface area (Å²) >= 11 is 0. The highest BCUT2D eigenvalue weighted by Crippen LogP contribution is 2.20. The van der Waals surface area contributed by atoms with E-state index in [1.54, 1.807) is 13.8 Å². The van der Waals surface area contributed by atoms with E-state index in [0.717, 1.165) is 0 Å². The molecule has 0 aromatic heterocycles. The Morgan fingerprint density at radius 2 is 1.87 bits per heavy atom. The summed E-state index contributed by atoms with van der Waals surface area (Å²) in [5, 5.41) is 2.20. The topological polar surface area (TPSA) is 55.1 Å². The van der Waals surface area contributed by atoms with Crippen molar-refractivity contribution in [3.8, 4) is 0 Å². The minimum atomic E-state index is -3.01. The molecule has 1 amide bonds. The minimum absolute atomic E-state index is 0. The molecule has 0 aromatic carbocycles. The van der Waals surface area contributed by atoms with Gasteiger partial charge in [-0.25, -0.2) is 8.78 Å². The molecule has 0 rings (SSSR count). The van der Waals surface area contributed by atoms with Crippen molar-refractivity contribution in [2.45, 2.75) is 33.1 Å². The monoisotopic (exact) mass is 244 g/mol. The smallest absolute Gasteiger partial charge is 0.277 e. The van der Waals surface area contributed by atoms with Crippen LogP contribution >= 0.6 is 12.4 Å². The molecule has 6 heteroatoms. The molecule has 0 radical (unpaired) electrons. The first-order chi connectivity index (χ1) is 6.25. The Morgan fingerprint density at radius 3 is 2.20 bits per heavy atom. The lowest BCUT2D eigenvalue weighted by Crippen LogP contribution is -2.45. The molecule has 0 heterocycles. The average molecular weight is 245 g/mol. The maximum atomic E-state index is 12.7. The number of amides is 1. The second kappa shape index (κ2) is 6.23. The number of halogens is 3. The van der Waals surface area contributed by atoms with Crippen LogP contribution in [0.1, 0.15) is 27.2 Å². The number of rotatable bonds is 5. The van der Waals surface area contributed by atoms with Crippen molar-refractivity contribution in [1.29, 1.82) is 0 Å². The van der Waals surface area contributed by atoms with Gasteiger partial charge in [-0.15, -0.1) is 12.4 Å². The molecule has 0 saturated carbocycles. The average Bonchev–Trinajstić information content (AvgIpc) is 2.14. The molecule has 0 spiro atoms.